The van der Waals surface area contributed by atoms with Gasteiger partial charge in [-0.05, 0) is 26.0 Å². The van der Waals surface area contributed by atoms with Crippen LogP contribution in [0.5, 0.6) is 5.75 Å². The molecular weight excluding hydrogens is 246 g/mol. The number of carbonyl (C=O) groups excluding carboxylic acids is 1. The fourth-order valence-corrected chi connectivity index (χ4v) is 1.37. The van der Waals surface area contributed by atoms with Gasteiger partial charge in [0.05, 0.1) is 11.8 Å². The molecule has 0 saturated heterocycles. The van der Waals surface area contributed by atoms with Crippen molar-refractivity contribution in [1.82, 2.24) is 0 Å². The van der Waals surface area contributed by atoms with Crippen LogP contribution in [0, 0.1) is 0 Å². The Balaban J connectivity index is 3.03. The standard InChI is InChI=1S/C12H19N5O2/c1-7(2)19-9-5-3-4-8(6-9)17(16)11(14)10(13)12(15)18/h3-7H,13-14,16H2,1-2H3,(H2,15,18)/b11-10-. The molecule has 0 heterocycles. The zero-order chi connectivity index (χ0) is 14.6. The Labute approximate surface area is 111 Å². The lowest BCUT2D eigenvalue weighted by Gasteiger charge is -2.21. The van der Waals surface area contributed by atoms with Crippen LogP contribution in [0.1, 0.15) is 13.8 Å². The Morgan fingerprint density at radius 1 is 1.26 bits per heavy atom. The molecule has 8 N–H and O–H groups in total. The molecule has 0 spiro atoms. The van der Waals surface area contributed by atoms with Crippen molar-refractivity contribution in [3.8, 4) is 5.75 Å². The molecule has 104 valence electrons. The predicted molar refractivity (Wildman–Crippen MR) is 73.5 cm³/mol. The number of nitrogens with two attached hydrogens (primary N) is 4. The molecule has 0 aliphatic heterocycles. The fraction of sp³-hybridized carbons (Fsp3) is 0.250. The summed E-state index contributed by atoms with van der Waals surface area (Å²) in [6.45, 7) is 3.82. The van der Waals surface area contributed by atoms with Crippen LogP contribution in [0.25, 0.3) is 0 Å². The van der Waals surface area contributed by atoms with Gasteiger partial charge in [-0.15, -0.1) is 0 Å². The fourth-order valence-electron chi connectivity index (χ4n) is 1.37. The highest BCUT2D eigenvalue weighted by atomic mass is 16.5. The van der Waals surface area contributed by atoms with Crippen LogP contribution in [-0.2, 0) is 4.79 Å². The Kier molecular flexibility index (Phi) is 4.60. The lowest BCUT2D eigenvalue weighted by Crippen LogP contribution is -2.39. The number of rotatable bonds is 5. The molecule has 0 aliphatic rings. The molecule has 0 unspecified atom stereocenters. The smallest absolute Gasteiger partial charge is 0.268 e. The van der Waals surface area contributed by atoms with Gasteiger partial charge in [0.25, 0.3) is 5.91 Å². The van der Waals surface area contributed by atoms with Crippen molar-refractivity contribution >= 4 is 11.6 Å². The molecule has 1 rings (SSSR count). The molecule has 7 nitrogen and oxygen atoms in total. The second kappa shape index (κ2) is 5.96. The Hall–Kier alpha value is -2.41. The number of hydrogen-bond donors (Lipinski definition) is 4. The van der Waals surface area contributed by atoms with Crippen molar-refractivity contribution in [3.05, 3.63) is 35.8 Å². The SMILES string of the molecule is CC(C)Oc1cccc(N(N)/C(N)=C(\N)C(N)=O)c1. The minimum Gasteiger partial charge on any atom is -0.491 e. The van der Waals surface area contributed by atoms with Gasteiger partial charge >= 0.3 is 0 Å². The van der Waals surface area contributed by atoms with E-state index in [1.165, 1.54) is 0 Å². The first-order valence-corrected chi connectivity index (χ1v) is 5.69. The lowest BCUT2D eigenvalue weighted by atomic mass is 10.2. The van der Waals surface area contributed by atoms with E-state index in [2.05, 4.69) is 0 Å². The third-order valence-corrected chi connectivity index (χ3v) is 2.27. The largest absolute Gasteiger partial charge is 0.491 e. The maximum atomic E-state index is 10.9. The average molecular weight is 265 g/mol. The van der Waals surface area contributed by atoms with Crippen molar-refractivity contribution in [3.63, 3.8) is 0 Å². The summed E-state index contributed by atoms with van der Waals surface area (Å²) in [7, 11) is 0. The van der Waals surface area contributed by atoms with Gasteiger partial charge in [0.2, 0.25) is 0 Å². The zero-order valence-electron chi connectivity index (χ0n) is 11.0. The van der Waals surface area contributed by atoms with Gasteiger partial charge in [-0.3, -0.25) is 9.80 Å². The summed E-state index contributed by atoms with van der Waals surface area (Å²) in [5, 5.41) is 1.08. The highest BCUT2D eigenvalue weighted by Gasteiger charge is 2.13. The van der Waals surface area contributed by atoms with Gasteiger partial charge < -0.3 is 21.9 Å². The maximum Gasteiger partial charge on any atom is 0.268 e. The summed E-state index contributed by atoms with van der Waals surface area (Å²) in [6, 6.07) is 6.92. The number of carbonyl (C=O) groups is 1. The van der Waals surface area contributed by atoms with Crippen LogP contribution in [-0.4, -0.2) is 12.0 Å². The van der Waals surface area contributed by atoms with E-state index >= 15 is 0 Å². The number of amides is 1. The zero-order valence-corrected chi connectivity index (χ0v) is 11.0. The number of benzene rings is 1. The highest BCUT2D eigenvalue weighted by molar-refractivity contribution is 5.92. The Bertz CT molecular complexity index is 499. The molecule has 0 aliphatic carbocycles. The van der Waals surface area contributed by atoms with Crippen molar-refractivity contribution < 1.29 is 9.53 Å². The molecule has 1 aromatic carbocycles. The summed E-state index contributed by atoms with van der Waals surface area (Å²) >= 11 is 0. The highest BCUT2D eigenvalue weighted by Crippen LogP contribution is 2.21. The molecule has 1 aromatic rings. The molecule has 7 heteroatoms. The minimum absolute atomic E-state index is 0.0325. The molecule has 0 atom stereocenters. The Morgan fingerprint density at radius 2 is 1.89 bits per heavy atom. The van der Waals surface area contributed by atoms with Gasteiger partial charge in [-0.2, -0.15) is 0 Å². The number of hydrazine groups is 1. The number of nitrogens with zero attached hydrogens (tertiary/aromatic N) is 1. The van der Waals surface area contributed by atoms with E-state index in [-0.39, 0.29) is 17.6 Å². The summed E-state index contributed by atoms with van der Waals surface area (Å²) in [6.07, 6.45) is 0.0325. The molecule has 0 bridgehead atoms. The van der Waals surface area contributed by atoms with E-state index in [9.17, 15) is 4.79 Å². The van der Waals surface area contributed by atoms with Gasteiger partial charge in [0, 0.05) is 6.07 Å². The third-order valence-electron chi connectivity index (χ3n) is 2.27. The van der Waals surface area contributed by atoms with E-state index in [0.29, 0.717) is 11.4 Å². The quantitative estimate of drug-likeness (QED) is 0.329. The Morgan fingerprint density at radius 3 is 2.42 bits per heavy atom. The van der Waals surface area contributed by atoms with E-state index in [4.69, 9.17) is 27.8 Å². The molecule has 1 amide bonds. The van der Waals surface area contributed by atoms with Gasteiger partial charge in [-0.1, -0.05) is 6.07 Å². The summed E-state index contributed by atoms with van der Waals surface area (Å²) < 4.78 is 5.53. The van der Waals surface area contributed by atoms with Crippen LogP contribution in [0.4, 0.5) is 5.69 Å². The van der Waals surface area contributed by atoms with Crippen molar-refractivity contribution in [1.29, 1.82) is 0 Å². The van der Waals surface area contributed by atoms with Gasteiger partial charge in [-0.25, -0.2) is 5.84 Å². The predicted octanol–water partition coefficient (Wildman–Crippen LogP) is -0.274. The van der Waals surface area contributed by atoms with Crippen molar-refractivity contribution in [2.24, 2.45) is 23.0 Å². The summed E-state index contributed by atoms with van der Waals surface area (Å²) in [5.74, 6) is 5.47. The first kappa shape index (κ1) is 14.7. The van der Waals surface area contributed by atoms with Crippen LogP contribution < -0.4 is 32.8 Å². The number of primary amides is 1. The number of hydrogen-bond acceptors (Lipinski definition) is 6. The first-order chi connectivity index (χ1) is 8.82. The third kappa shape index (κ3) is 3.78. The van der Waals surface area contributed by atoms with Crippen molar-refractivity contribution in [2.75, 3.05) is 5.01 Å². The normalized spacial score (nSPS) is 12.0. The number of anilines is 1. The van der Waals surface area contributed by atoms with E-state index in [1.807, 2.05) is 13.8 Å². The summed E-state index contributed by atoms with van der Waals surface area (Å²) in [5.41, 5.74) is 16.4. The van der Waals surface area contributed by atoms with Crippen LogP contribution in [0.3, 0.4) is 0 Å². The van der Waals surface area contributed by atoms with Gasteiger partial charge in [0.15, 0.2) is 0 Å². The molecule has 0 saturated carbocycles. The van der Waals surface area contributed by atoms with Crippen LogP contribution in [0.2, 0.25) is 0 Å². The summed E-state index contributed by atoms with van der Waals surface area (Å²) in [4.78, 5) is 10.9. The van der Waals surface area contributed by atoms with E-state index in [0.717, 1.165) is 5.01 Å². The lowest BCUT2D eigenvalue weighted by molar-refractivity contribution is -0.114. The van der Waals surface area contributed by atoms with E-state index < -0.39 is 5.91 Å². The molecule has 19 heavy (non-hydrogen) atoms. The minimum atomic E-state index is -0.831. The monoisotopic (exact) mass is 265 g/mol. The van der Waals surface area contributed by atoms with Crippen molar-refractivity contribution in [2.45, 2.75) is 20.0 Å². The first-order valence-electron chi connectivity index (χ1n) is 5.69. The van der Waals surface area contributed by atoms with Crippen LogP contribution in [0.15, 0.2) is 35.8 Å². The number of ether oxygens (including phenoxy) is 1. The second-order valence-electron chi connectivity index (χ2n) is 4.20. The average Bonchev–Trinajstić information content (AvgIpc) is 2.35. The molecular formula is C12H19N5O2. The molecule has 0 aromatic heterocycles. The van der Waals surface area contributed by atoms with E-state index in [1.54, 1.807) is 24.3 Å². The molecule has 0 fully saturated rings. The molecule has 0 radical (unpaired) electrons. The maximum absolute atomic E-state index is 10.9. The second-order valence-corrected chi connectivity index (χ2v) is 4.20. The van der Waals surface area contributed by atoms with Gasteiger partial charge in [0.1, 0.15) is 17.3 Å². The topological polar surface area (TPSA) is 134 Å². The van der Waals surface area contributed by atoms with Crippen LogP contribution >= 0.6 is 0 Å².